The van der Waals surface area contributed by atoms with Crippen molar-refractivity contribution in [3.8, 4) is 23.0 Å². The maximum atomic E-state index is 12.9. The summed E-state index contributed by atoms with van der Waals surface area (Å²) in [4.78, 5) is 63.8. The van der Waals surface area contributed by atoms with Crippen molar-refractivity contribution in [1.82, 2.24) is 5.32 Å². The lowest BCUT2D eigenvalue weighted by molar-refractivity contribution is -0.131. The number of ether oxygens (including phenoxy) is 5. The van der Waals surface area contributed by atoms with Gasteiger partial charge in [0.05, 0.1) is 13.7 Å². The largest absolute Gasteiger partial charge is 0.519 e. The summed E-state index contributed by atoms with van der Waals surface area (Å²) in [7, 11) is -2.54. The molecular weight excluding hydrogens is 735 g/mol. The molecule has 0 aliphatic heterocycles. The highest BCUT2D eigenvalue weighted by Crippen LogP contribution is 2.45. The summed E-state index contributed by atoms with van der Waals surface area (Å²) in [5.74, 6) is 1.55. The number of amides is 1. The number of carbonyl (C=O) groups excluding carboxylic acids is 3. The summed E-state index contributed by atoms with van der Waals surface area (Å²) in [6.07, 6.45) is 5.19. The molecule has 1 aliphatic rings. The highest BCUT2D eigenvalue weighted by atomic mass is 28.4. The van der Waals surface area contributed by atoms with Gasteiger partial charge in [-0.1, -0.05) is 74.7 Å². The molecular formula is C43H51NO11Si. The van der Waals surface area contributed by atoms with Crippen LogP contribution in [0.25, 0.3) is 0 Å². The first-order chi connectivity index (χ1) is 26.8. The average molecular weight is 786 g/mol. The van der Waals surface area contributed by atoms with E-state index in [1.54, 1.807) is 31.4 Å². The van der Waals surface area contributed by atoms with Gasteiger partial charge in [-0.25, -0.2) is 9.59 Å². The molecule has 5 rings (SSSR count). The van der Waals surface area contributed by atoms with Gasteiger partial charge in [-0.2, -0.15) is 0 Å². The van der Waals surface area contributed by atoms with E-state index in [1.165, 1.54) is 13.3 Å². The molecule has 4 N–H and O–H groups in total. The SMILES string of the molecule is COc1ccc(C(C)(CCCOC(=O)NCCC[Si](O)(O)O)c2ccc(OC(=O)Oc3ccc(C4(c5ccc(OC(C)=O)cc5)CCCCC4)cc3)cc2)cc1. The molecule has 0 spiro atoms. The summed E-state index contributed by atoms with van der Waals surface area (Å²) in [5, 5.41) is 2.55. The Hall–Kier alpha value is -5.21. The second-order valence-corrected chi connectivity index (χ2v) is 16.4. The molecule has 0 heterocycles. The van der Waals surface area contributed by atoms with E-state index in [9.17, 15) is 14.4 Å². The van der Waals surface area contributed by atoms with E-state index in [2.05, 4.69) is 12.2 Å². The van der Waals surface area contributed by atoms with E-state index < -0.39 is 26.5 Å². The monoisotopic (exact) mass is 785 g/mol. The lowest BCUT2D eigenvalue weighted by Gasteiger charge is -2.38. The number of nitrogens with one attached hydrogen (secondary N) is 1. The van der Waals surface area contributed by atoms with Crippen LogP contribution in [0, 0.1) is 0 Å². The van der Waals surface area contributed by atoms with Crippen LogP contribution in [0.2, 0.25) is 6.04 Å². The Morgan fingerprint density at radius 3 is 1.66 bits per heavy atom. The minimum atomic E-state index is -4.14. The van der Waals surface area contributed by atoms with Crippen LogP contribution in [0.4, 0.5) is 9.59 Å². The van der Waals surface area contributed by atoms with Crippen molar-refractivity contribution >= 4 is 27.0 Å². The molecule has 0 aromatic heterocycles. The topological polar surface area (TPSA) is 170 Å². The fourth-order valence-corrected chi connectivity index (χ4v) is 8.08. The van der Waals surface area contributed by atoms with Crippen molar-refractivity contribution in [2.45, 2.75) is 82.1 Å². The minimum absolute atomic E-state index is 0.144. The van der Waals surface area contributed by atoms with Gasteiger partial charge in [0.2, 0.25) is 0 Å². The number of esters is 1. The lowest BCUT2D eigenvalue weighted by Crippen LogP contribution is -2.35. The van der Waals surface area contributed by atoms with E-state index in [1.807, 2.05) is 72.8 Å². The Morgan fingerprint density at radius 2 is 1.18 bits per heavy atom. The molecule has 298 valence electrons. The van der Waals surface area contributed by atoms with Crippen LogP contribution in [-0.2, 0) is 20.4 Å². The predicted octanol–water partition coefficient (Wildman–Crippen LogP) is 7.57. The Balaban J connectivity index is 1.21. The van der Waals surface area contributed by atoms with Gasteiger partial charge in [0.15, 0.2) is 0 Å². The first-order valence-electron chi connectivity index (χ1n) is 18.9. The number of carbonyl (C=O) groups is 3. The Kier molecular flexibility index (Phi) is 14.3. The molecule has 0 radical (unpaired) electrons. The number of benzene rings is 4. The normalized spacial score (nSPS) is 14.8. The predicted molar refractivity (Wildman–Crippen MR) is 211 cm³/mol. The zero-order valence-electron chi connectivity index (χ0n) is 32.1. The number of hydrogen-bond acceptors (Lipinski definition) is 11. The minimum Gasteiger partial charge on any atom is -0.497 e. The molecule has 1 saturated carbocycles. The quantitative estimate of drug-likeness (QED) is 0.0291. The van der Waals surface area contributed by atoms with Crippen LogP contribution < -0.4 is 24.3 Å². The maximum absolute atomic E-state index is 12.9. The molecule has 1 fully saturated rings. The van der Waals surface area contributed by atoms with E-state index in [4.69, 9.17) is 38.1 Å². The second kappa shape index (κ2) is 19.1. The van der Waals surface area contributed by atoms with E-state index in [-0.39, 0.29) is 37.0 Å². The zero-order chi connectivity index (χ0) is 40.2. The summed E-state index contributed by atoms with van der Waals surface area (Å²) >= 11 is 0. The second-order valence-electron chi connectivity index (χ2n) is 14.4. The molecule has 4 aromatic rings. The average Bonchev–Trinajstić information content (AvgIpc) is 3.18. The lowest BCUT2D eigenvalue weighted by atomic mass is 9.65. The van der Waals surface area contributed by atoms with Gasteiger partial charge in [-0.05, 0) is 103 Å². The molecule has 1 unspecified atom stereocenters. The molecule has 1 atom stereocenters. The fourth-order valence-electron chi connectivity index (χ4n) is 7.43. The van der Waals surface area contributed by atoms with Crippen molar-refractivity contribution in [2.24, 2.45) is 0 Å². The third-order valence-corrected chi connectivity index (χ3v) is 11.4. The number of methoxy groups -OCH3 is 1. The Bertz CT molecular complexity index is 1890. The molecule has 56 heavy (non-hydrogen) atoms. The summed E-state index contributed by atoms with van der Waals surface area (Å²) in [5.41, 5.74) is 3.53. The smallest absolute Gasteiger partial charge is 0.497 e. The number of alkyl carbamates (subject to hydrolysis) is 1. The molecule has 0 saturated heterocycles. The van der Waals surface area contributed by atoms with Gasteiger partial charge in [-0.3, -0.25) is 4.79 Å². The Labute approximate surface area is 328 Å². The summed E-state index contributed by atoms with van der Waals surface area (Å²) < 4.78 is 27.1. The van der Waals surface area contributed by atoms with Gasteiger partial charge >= 0.3 is 27.0 Å². The van der Waals surface area contributed by atoms with E-state index in [0.717, 1.165) is 53.7 Å². The summed E-state index contributed by atoms with van der Waals surface area (Å²) in [6.45, 7) is 3.77. The van der Waals surface area contributed by atoms with Crippen molar-refractivity contribution in [1.29, 1.82) is 0 Å². The molecule has 4 aromatic carbocycles. The standard InChI is InChI=1S/C43H51NO11Si/c1-31(45)53-37-21-13-34(14-22-37)43(26-5-4-6-27-43)35-15-23-39(24-16-35)55-41(47)54-38-19-11-33(12-20-38)42(2,32-9-17-36(51-3)18-10-32)25-7-29-52-40(46)44-28-8-30-56(48,49)50/h9-24,48-50H,4-8,25-30H2,1-3H3,(H,44,46). The fraction of sp³-hybridized carbons (Fsp3) is 0.372. The van der Waals surface area contributed by atoms with Crippen molar-refractivity contribution < 1.29 is 52.5 Å². The van der Waals surface area contributed by atoms with Gasteiger partial charge < -0.3 is 43.4 Å². The van der Waals surface area contributed by atoms with Crippen LogP contribution >= 0.6 is 0 Å². The third-order valence-electron chi connectivity index (χ3n) is 10.4. The highest BCUT2D eigenvalue weighted by Gasteiger charge is 2.36. The zero-order valence-corrected chi connectivity index (χ0v) is 33.1. The first-order valence-corrected chi connectivity index (χ1v) is 21.0. The van der Waals surface area contributed by atoms with Gasteiger partial charge in [0, 0.05) is 30.3 Å². The highest BCUT2D eigenvalue weighted by molar-refractivity contribution is 6.56. The van der Waals surface area contributed by atoms with Crippen LogP contribution in [-0.4, -0.2) is 61.7 Å². The number of hydrogen-bond donors (Lipinski definition) is 4. The third kappa shape index (κ3) is 11.4. The first kappa shape index (κ1) is 41.9. The molecule has 12 nitrogen and oxygen atoms in total. The van der Waals surface area contributed by atoms with Crippen LogP contribution in [0.3, 0.4) is 0 Å². The van der Waals surface area contributed by atoms with Crippen LogP contribution in [0.5, 0.6) is 23.0 Å². The van der Waals surface area contributed by atoms with Crippen molar-refractivity contribution in [3.63, 3.8) is 0 Å². The molecule has 1 amide bonds. The van der Waals surface area contributed by atoms with Gasteiger partial charge in [0.1, 0.15) is 23.0 Å². The van der Waals surface area contributed by atoms with E-state index >= 15 is 0 Å². The van der Waals surface area contributed by atoms with Crippen LogP contribution in [0.15, 0.2) is 97.1 Å². The van der Waals surface area contributed by atoms with E-state index in [0.29, 0.717) is 30.1 Å². The maximum Gasteiger partial charge on any atom is 0.519 e. The molecule has 1 aliphatic carbocycles. The molecule has 0 bridgehead atoms. The molecule has 13 heteroatoms. The number of rotatable bonds is 16. The van der Waals surface area contributed by atoms with Crippen LogP contribution in [0.1, 0.15) is 87.5 Å². The van der Waals surface area contributed by atoms with Crippen molar-refractivity contribution in [3.05, 3.63) is 119 Å². The summed E-state index contributed by atoms with van der Waals surface area (Å²) in [6, 6.07) is 30.1. The van der Waals surface area contributed by atoms with Crippen molar-refractivity contribution in [2.75, 3.05) is 20.3 Å². The Morgan fingerprint density at radius 1 is 0.696 bits per heavy atom. The van der Waals surface area contributed by atoms with Gasteiger partial charge in [0.25, 0.3) is 0 Å². The van der Waals surface area contributed by atoms with Gasteiger partial charge in [-0.15, -0.1) is 0 Å².